The summed E-state index contributed by atoms with van der Waals surface area (Å²) in [5.41, 5.74) is 2.81. The molecule has 0 spiro atoms. The van der Waals surface area contributed by atoms with Crippen LogP contribution in [0.2, 0.25) is 0 Å². The first kappa shape index (κ1) is 11.6. The normalized spacial score (nSPS) is 12.1. The Bertz CT molecular complexity index is 399. The smallest absolute Gasteiger partial charge is 0.114 e. The number of hydrogen-bond acceptors (Lipinski definition) is 0. The van der Waals surface area contributed by atoms with E-state index in [0.717, 1.165) is 0 Å². The molecule has 16 heavy (non-hydrogen) atoms. The molecule has 0 N–H and O–H groups in total. The summed E-state index contributed by atoms with van der Waals surface area (Å²) >= 11 is 3.78. The lowest BCUT2D eigenvalue weighted by Gasteiger charge is -2.28. The molecular formula is C14H15BrSi. The second kappa shape index (κ2) is 4.98. The summed E-state index contributed by atoms with van der Waals surface area (Å²) in [7, 11) is -0.353. The fourth-order valence-corrected chi connectivity index (χ4v) is 4.66. The molecule has 0 amide bonds. The monoisotopic (exact) mass is 290 g/mol. The Labute approximate surface area is 107 Å². The molecule has 2 heteroatoms. The Morgan fingerprint density at radius 3 is 1.50 bits per heavy atom. The van der Waals surface area contributed by atoms with Gasteiger partial charge in [0.1, 0.15) is 8.14 Å². The van der Waals surface area contributed by atoms with Gasteiger partial charge in [-0.25, -0.2) is 0 Å². The van der Waals surface area contributed by atoms with Gasteiger partial charge in [-0.05, 0) is 11.1 Å². The van der Waals surface area contributed by atoms with Gasteiger partial charge >= 0.3 is 0 Å². The van der Waals surface area contributed by atoms with Crippen LogP contribution in [0.25, 0.3) is 0 Å². The van der Waals surface area contributed by atoms with E-state index in [1.807, 2.05) is 0 Å². The second-order valence-corrected chi connectivity index (χ2v) is 7.56. The Hall–Kier alpha value is -0.863. The molecule has 0 radical (unpaired) electrons. The molecule has 0 aliphatic heterocycles. The van der Waals surface area contributed by atoms with Crippen molar-refractivity contribution in [2.45, 2.75) is 12.0 Å². The minimum atomic E-state index is -0.353. The first-order valence-corrected chi connectivity index (χ1v) is 10.0. The molecule has 0 fully saturated rings. The van der Waals surface area contributed by atoms with Crippen LogP contribution in [0.3, 0.4) is 0 Å². The number of hydrogen-bond donors (Lipinski definition) is 0. The van der Waals surface area contributed by atoms with Gasteiger partial charge < -0.3 is 0 Å². The molecular weight excluding hydrogens is 276 g/mol. The summed E-state index contributed by atoms with van der Waals surface area (Å²) in [6, 6.07) is 21.5. The summed E-state index contributed by atoms with van der Waals surface area (Å²) in [6.45, 7) is 2.33. The second-order valence-electron chi connectivity index (χ2n) is 4.20. The third kappa shape index (κ3) is 2.13. The highest BCUT2D eigenvalue weighted by Gasteiger charge is 2.27. The van der Waals surface area contributed by atoms with E-state index < -0.39 is 0 Å². The van der Waals surface area contributed by atoms with Crippen LogP contribution in [-0.4, -0.2) is 8.14 Å². The van der Waals surface area contributed by atoms with Crippen LogP contribution in [0, 0.1) is 0 Å². The molecule has 0 aliphatic carbocycles. The summed E-state index contributed by atoms with van der Waals surface area (Å²) in [6.07, 6.45) is 0. The Balaban J connectivity index is 2.49. The fraction of sp³-hybridized carbons (Fsp3) is 0.143. The van der Waals surface area contributed by atoms with Crippen molar-refractivity contribution in [1.29, 1.82) is 0 Å². The summed E-state index contributed by atoms with van der Waals surface area (Å²) in [5, 5.41) is 0.183. The van der Waals surface area contributed by atoms with E-state index in [9.17, 15) is 0 Å². The lowest BCUT2D eigenvalue weighted by atomic mass is 9.92. The highest BCUT2D eigenvalue weighted by Crippen LogP contribution is 2.31. The van der Waals surface area contributed by atoms with E-state index in [1.165, 1.54) is 11.1 Å². The Kier molecular flexibility index (Phi) is 3.61. The topological polar surface area (TPSA) is 0 Å². The minimum absolute atomic E-state index is 0.183. The molecule has 0 heterocycles. The molecule has 0 aliphatic rings. The molecule has 2 rings (SSSR count). The van der Waals surface area contributed by atoms with Crippen LogP contribution in [0.5, 0.6) is 0 Å². The zero-order valence-electron chi connectivity index (χ0n) is 9.36. The maximum atomic E-state index is 3.78. The van der Waals surface area contributed by atoms with Crippen molar-refractivity contribution in [3.05, 3.63) is 71.8 Å². The first-order valence-electron chi connectivity index (χ1n) is 5.44. The van der Waals surface area contributed by atoms with Crippen LogP contribution < -0.4 is 0 Å². The van der Waals surface area contributed by atoms with E-state index in [4.69, 9.17) is 0 Å². The van der Waals surface area contributed by atoms with Crippen molar-refractivity contribution < 1.29 is 0 Å². The van der Waals surface area contributed by atoms with E-state index in [0.29, 0.717) is 0 Å². The van der Waals surface area contributed by atoms with Crippen LogP contribution >= 0.6 is 15.3 Å². The third-order valence-corrected chi connectivity index (χ3v) is 7.80. The molecule has 2 aromatic rings. The predicted octanol–water partition coefficient (Wildman–Crippen LogP) is 3.43. The van der Waals surface area contributed by atoms with Gasteiger partial charge in [-0.3, -0.25) is 0 Å². The zero-order valence-corrected chi connectivity index (χ0v) is 12.4. The first-order chi connectivity index (χ1) is 7.77. The maximum Gasteiger partial charge on any atom is 0.114 e. The van der Waals surface area contributed by atoms with Crippen LogP contribution in [0.15, 0.2) is 60.7 Å². The fourth-order valence-electron chi connectivity index (χ4n) is 1.93. The van der Waals surface area contributed by atoms with Crippen LogP contribution in [0.4, 0.5) is 0 Å². The number of benzene rings is 2. The van der Waals surface area contributed by atoms with Gasteiger partial charge in [-0.15, -0.1) is 15.3 Å². The molecule has 2 aromatic carbocycles. The molecule has 0 unspecified atom stereocenters. The zero-order chi connectivity index (χ0) is 11.4. The summed E-state index contributed by atoms with van der Waals surface area (Å²) < 4.78 is 0. The van der Waals surface area contributed by atoms with Gasteiger partial charge in [-0.1, -0.05) is 67.6 Å². The van der Waals surface area contributed by atoms with Crippen LogP contribution in [0.1, 0.15) is 18.1 Å². The van der Waals surface area contributed by atoms with Crippen molar-refractivity contribution in [2.24, 2.45) is 0 Å². The van der Waals surface area contributed by atoms with Crippen molar-refractivity contribution in [1.82, 2.24) is 0 Å². The Morgan fingerprint density at radius 1 is 0.812 bits per heavy atom. The standard InChI is InChI=1S/C14H15BrSi/c1-14(16-15,12-8-4-2-5-9-12)13-10-6-3-7-11-13/h2-11H,16H2,1H3. The maximum absolute atomic E-state index is 3.78. The molecule has 0 aromatic heterocycles. The van der Waals surface area contributed by atoms with Crippen LogP contribution in [-0.2, 0) is 5.04 Å². The van der Waals surface area contributed by atoms with E-state index in [2.05, 4.69) is 82.9 Å². The largest absolute Gasteiger partial charge is 0.134 e. The minimum Gasteiger partial charge on any atom is -0.134 e. The van der Waals surface area contributed by atoms with Gasteiger partial charge in [0.2, 0.25) is 0 Å². The van der Waals surface area contributed by atoms with E-state index in [-0.39, 0.29) is 13.2 Å². The van der Waals surface area contributed by atoms with Crippen molar-refractivity contribution in [3.63, 3.8) is 0 Å². The van der Waals surface area contributed by atoms with Gasteiger partial charge in [0.15, 0.2) is 0 Å². The molecule has 0 saturated carbocycles. The SMILES string of the molecule is CC([SiH2]Br)(c1ccccc1)c1ccccc1. The summed E-state index contributed by atoms with van der Waals surface area (Å²) in [5.74, 6) is 0. The molecule has 0 saturated heterocycles. The number of rotatable bonds is 3. The van der Waals surface area contributed by atoms with Crippen molar-refractivity contribution in [2.75, 3.05) is 0 Å². The predicted molar refractivity (Wildman–Crippen MR) is 76.8 cm³/mol. The molecule has 0 atom stereocenters. The summed E-state index contributed by atoms with van der Waals surface area (Å²) in [4.78, 5) is 0. The van der Waals surface area contributed by atoms with E-state index in [1.54, 1.807) is 0 Å². The highest BCUT2D eigenvalue weighted by atomic mass is 79.9. The van der Waals surface area contributed by atoms with Crippen molar-refractivity contribution in [3.8, 4) is 0 Å². The third-order valence-electron chi connectivity index (χ3n) is 3.09. The molecule has 82 valence electrons. The molecule has 0 nitrogen and oxygen atoms in total. The van der Waals surface area contributed by atoms with Gasteiger partial charge in [0.25, 0.3) is 0 Å². The lowest BCUT2D eigenvalue weighted by Crippen LogP contribution is -2.27. The number of halogens is 1. The molecule has 0 bridgehead atoms. The van der Waals surface area contributed by atoms with Gasteiger partial charge in [0, 0.05) is 5.04 Å². The Morgan fingerprint density at radius 2 is 1.19 bits per heavy atom. The van der Waals surface area contributed by atoms with E-state index >= 15 is 0 Å². The van der Waals surface area contributed by atoms with Gasteiger partial charge in [-0.2, -0.15) is 0 Å². The highest BCUT2D eigenvalue weighted by molar-refractivity contribution is 9.23. The van der Waals surface area contributed by atoms with Crippen molar-refractivity contribution >= 4 is 23.4 Å². The average Bonchev–Trinajstić information content (AvgIpc) is 2.40. The lowest BCUT2D eigenvalue weighted by molar-refractivity contribution is 0.818. The van der Waals surface area contributed by atoms with Gasteiger partial charge in [0.05, 0.1) is 0 Å². The average molecular weight is 291 g/mol. The quantitative estimate of drug-likeness (QED) is 0.600.